The van der Waals surface area contributed by atoms with E-state index >= 15 is 0 Å². The first-order valence-electron chi connectivity index (χ1n) is 4.75. The Balaban J connectivity index is 2.87. The third-order valence-electron chi connectivity index (χ3n) is 2.02. The molecule has 1 aromatic heterocycles. The number of hydrogen-bond donors (Lipinski definition) is 1. The van der Waals surface area contributed by atoms with Crippen LogP contribution in [0.15, 0.2) is 11.4 Å². The molecule has 88 valence electrons. The third kappa shape index (κ3) is 3.44. The largest absolute Gasteiger partial charge is 0.368 e. The molecule has 2 N–H and O–H groups in total. The predicted octanol–water partition coefficient (Wildman–Crippen LogP) is 1.69. The van der Waals surface area contributed by atoms with Gasteiger partial charge in [0.1, 0.15) is 0 Å². The van der Waals surface area contributed by atoms with E-state index in [4.69, 9.17) is 5.73 Å². The molecule has 0 saturated carbocycles. The van der Waals surface area contributed by atoms with E-state index in [1.54, 1.807) is 5.38 Å². The quantitative estimate of drug-likeness (QED) is 0.839. The number of carbonyl (C=O) groups is 2. The fourth-order valence-corrected chi connectivity index (χ4v) is 2.57. The monoisotopic (exact) mass is 352 g/mol. The Hall–Kier alpha value is -0.630. The molecule has 16 heavy (non-hydrogen) atoms. The first-order valence-corrected chi connectivity index (χ1v) is 6.71. The molecule has 1 aromatic rings. The zero-order chi connectivity index (χ0) is 12.3. The second kappa shape index (κ2) is 5.62. The van der Waals surface area contributed by atoms with Crippen LogP contribution in [0.4, 0.5) is 0 Å². The van der Waals surface area contributed by atoms with Gasteiger partial charge in [-0.2, -0.15) is 0 Å². The van der Waals surface area contributed by atoms with Crippen LogP contribution in [-0.2, 0) is 4.79 Å². The van der Waals surface area contributed by atoms with E-state index < -0.39 is 5.91 Å². The topological polar surface area (TPSA) is 63.4 Å². The first-order chi connectivity index (χ1) is 7.41. The molecule has 0 aliphatic carbocycles. The molecule has 6 heteroatoms. The molecule has 0 radical (unpaired) electrons. The Kier molecular flexibility index (Phi) is 4.72. The molecule has 0 aliphatic rings. The summed E-state index contributed by atoms with van der Waals surface area (Å²) in [5, 5.41) is 1.79. The van der Waals surface area contributed by atoms with Crippen molar-refractivity contribution in [2.75, 3.05) is 6.54 Å². The maximum absolute atomic E-state index is 12.1. The van der Waals surface area contributed by atoms with Gasteiger partial charge < -0.3 is 10.6 Å². The average Bonchev–Trinajstić information content (AvgIpc) is 2.59. The highest BCUT2D eigenvalue weighted by Gasteiger charge is 2.21. The molecular weight excluding hydrogens is 339 g/mol. The number of rotatable bonds is 4. The Morgan fingerprint density at radius 1 is 1.56 bits per heavy atom. The summed E-state index contributed by atoms with van der Waals surface area (Å²) in [7, 11) is 0. The molecule has 0 aliphatic heterocycles. The van der Waals surface area contributed by atoms with Gasteiger partial charge in [-0.1, -0.05) is 0 Å². The van der Waals surface area contributed by atoms with E-state index in [-0.39, 0.29) is 18.5 Å². The van der Waals surface area contributed by atoms with Gasteiger partial charge in [0, 0.05) is 11.4 Å². The minimum absolute atomic E-state index is 0.0388. The van der Waals surface area contributed by atoms with Gasteiger partial charge in [0.15, 0.2) is 0 Å². The van der Waals surface area contributed by atoms with Crippen LogP contribution in [0, 0.1) is 2.88 Å². The van der Waals surface area contributed by atoms with Gasteiger partial charge in [-0.25, -0.2) is 0 Å². The number of primary amides is 1. The lowest BCUT2D eigenvalue weighted by Gasteiger charge is -2.24. The van der Waals surface area contributed by atoms with Crippen molar-refractivity contribution in [3.8, 4) is 0 Å². The zero-order valence-electron chi connectivity index (χ0n) is 9.07. The SMILES string of the molecule is CC(C)N(CC(N)=O)C(=O)c1csc(I)c1. The molecule has 2 amide bonds. The Morgan fingerprint density at radius 3 is 2.56 bits per heavy atom. The maximum Gasteiger partial charge on any atom is 0.255 e. The molecule has 0 fully saturated rings. The van der Waals surface area contributed by atoms with Crippen molar-refractivity contribution < 1.29 is 9.59 Å². The van der Waals surface area contributed by atoms with Gasteiger partial charge in [0.2, 0.25) is 5.91 Å². The number of nitrogens with zero attached hydrogens (tertiary/aromatic N) is 1. The molecule has 0 atom stereocenters. The Bertz CT molecular complexity index is 403. The van der Waals surface area contributed by atoms with Crippen molar-refractivity contribution in [2.24, 2.45) is 5.73 Å². The predicted molar refractivity (Wildman–Crippen MR) is 72.4 cm³/mol. The fourth-order valence-electron chi connectivity index (χ4n) is 1.24. The van der Waals surface area contributed by atoms with Gasteiger partial charge in [0.05, 0.1) is 15.0 Å². The molecule has 0 spiro atoms. The lowest BCUT2D eigenvalue weighted by atomic mass is 10.2. The second-order valence-corrected chi connectivity index (χ2v) is 6.44. The van der Waals surface area contributed by atoms with Crippen molar-refractivity contribution in [2.45, 2.75) is 19.9 Å². The highest BCUT2D eigenvalue weighted by atomic mass is 127. The van der Waals surface area contributed by atoms with Gasteiger partial charge >= 0.3 is 0 Å². The zero-order valence-corrected chi connectivity index (χ0v) is 12.0. The molecule has 4 nitrogen and oxygen atoms in total. The van der Waals surface area contributed by atoms with Crippen LogP contribution in [0.3, 0.4) is 0 Å². The second-order valence-electron chi connectivity index (χ2n) is 3.63. The van der Waals surface area contributed by atoms with Crippen LogP contribution in [0.5, 0.6) is 0 Å². The number of nitrogens with two attached hydrogens (primary N) is 1. The van der Waals surface area contributed by atoms with E-state index in [9.17, 15) is 9.59 Å². The summed E-state index contributed by atoms with van der Waals surface area (Å²) in [5.74, 6) is -0.639. The van der Waals surface area contributed by atoms with Crippen molar-refractivity contribution in [3.63, 3.8) is 0 Å². The molecule has 0 unspecified atom stereocenters. The molecular formula is C10H13IN2O2S. The number of amides is 2. The highest BCUT2D eigenvalue weighted by Crippen LogP contribution is 2.18. The van der Waals surface area contributed by atoms with Crippen LogP contribution in [-0.4, -0.2) is 29.3 Å². The van der Waals surface area contributed by atoms with Gasteiger partial charge in [-0.15, -0.1) is 11.3 Å². The smallest absolute Gasteiger partial charge is 0.255 e. The standard InChI is InChI=1S/C10H13IN2O2S/c1-6(2)13(4-9(12)14)10(15)7-3-8(11)16-5-7/h3,5-6H,4H2,1-2H3,(H2,12,14). The molecule has 1 rings (SSSR count). The van der Waals surface area contributed by atoms with Crippen molar-refractivity contribution >= 4 is 45.7 Å². The van der Waals surface area contributed by atoms with Crippen molar-refractivity contribution in [1.29, 1.82) is 0 Å². The minimum Gasteiger partial charge on any atom is -0.368 e. The summed E-state index contributed by atoms with van der Waals surface area (Å²) in [5.41, 5.74) is 5.74. The lowest BCUT2D eigenvalue weighted by Crippen LogP contribution is -2.42. The van der Waals surface area contributed by atoms with E-state index in [1.807, 2.05) is 19.9 Å². The minimum atomic E-state index is -0.494. The lowest BCUT2D eigenvalue weighted by molar-refractivity contribution is -0.119. The summed E-state index contributed by atoms with van der Waals surface area (Å²) in [6, 6.07) is 1.77. The third-order valence-corrected chi connectivity index (χ3v) is 3.81. The van der Waals surface area contributed by atoms with Crippen LogP contribution >= 0.6 is 33.9 Å². The highest BCUT2D eigenvalue weighted by molar-refractivity contribution is 14.1. The van der Waals surface area contributed by atoms with E-state index in [0.717, 1.165) is 2.88 Å². The molecule has 1 heterocycles. The van der Waals surface area contributed by atoms with Crippen LogP contribution in [0.2, 0.25) is 0 Å². The average molecular weight is 352 g/mol. The Morgan fingerprint density at radius 2 is 2.19 bits per heavy atom. The molecule has 0 aromatic carbocycles. The number of halogens is 1. The maximum atomic E-state index is 12.1. The van der Waals surface area contributed by atoms with Gasteiger partial charge in [-0.3, -0.25) is 9.59 Å². The van der Waals surface area contributed by atoms with E-state index in [2.05, 4.69) is 22.6 Å². The van der Waals surface area contributed by atoms with Crippen LogP contribution in [0.1, 0.15) is 24.2 Å². The first kappa shape index (κ1) is 13.4. The fraction of sp³-hybridized carbons (Fsp3) is 0.400. The number of hydrogen-bond acceptors (Lipinski definition) is 3. The number of carbonyl (C=O) groups excluding carboxylic acids is 2. The molecule has 0 bridgehead atoms. The van der Waals surface area contributed by atoms with Crippen molar-refractivity contribution in [1.82, 2.24) is 4.90 Å². The number of thiophene rings is 1. The van der Waals surface area contributed by atoms with Gasteiger partial charge in [0.25, 0.3) is 5.91 Å². The summed E-state index contributed by atoms with van der Waals surface area (Å²) in [4.78, 5) is 24.4. The molecule has 0 saturated heterocycles. The Labute approximate surface area is 112 Å². The summed E-state index contributed by atoms with van der Waals surface area (Å²) < 4.78 is 1.05. The van der Waals surface area contributed by atoms with Crippen molar-refractivity contribution in [3.05, 3.63) is 19.9 Å². The van der Waals surface area contributed by atoms with E-state index in [0.29, 0.717) is 5.56 Å². The van der Waals surface area contributed by atoms with Gasteiger partial charge in [-0.05, 0) is 42.5 Å². The van der Waals surface area contributed by atoms with Crippen LogP contribution in [0.25, 0.3) is 0 Å². The summed E-state index contributed by atoms with van der Waals surface area (Å²) in [6.07, 6.45) is 0. The summed E-state index contributed by atoms with van der Waals surface area (Å²) in [6.45, 7) is 3.68. The summed E-state index contributed by atoms with van der Waals surface area (Å²) >= 11 is 3.66. The normalized spacial score (nSPS) is 10.5. The van der Waals surface area contributed by atoms with E-state index in [1.165, 1.54) is 16.2 Å². The van der Waals surface area contributed by atoms with Crippen LogP contribution < -0.4 is 5.73 Å².